The van der Waals surface area contributed by atoms with Gasteiger partial charge in [0.2, 0.25) is 0 Å². The monoisotopic (exact) mass is 257 g/mol. The van der Waals surface area contributed by atoms with Crippen molar-refractivity contribution in [1.29, 1.82) is 0 Å². The number of anilines is 1. The molecule has 3 heteroatoms. The van der Waals surface area contributed by atoms with Gasteiger partial charge in [-0.3, -0.25) is 4.68 Å². The zero-order valence-electron chi connectivity index (χ0n) is 12.0. The fourth-order valence-electron chi connectivity index (χ4n) is 2.29. The molecule has 0 aliphatic heterocycles. The van der Waals surface area contributed by atoms with Gasteiger partial charge in [-0.1, -0.05) is 44.2 Å². The number of nitrogens with zero attached hydrogens (tertiary/aromatic N) is 2. The zero-order chi connectivity index (χ0) is 13.7. The first-order chi connectivity index (χ1) is 9.20. The highest BCUT2D eigenvalue weighted by atomic mass is 15.3. The Kier molecular flexibility index (Phi) is 4.61. The third-order valence-corrected chi connectivity index (χ3v) is 3.52. The van der Waals surface area contributed by atoms with Crippen LogP contribution in [0.4, 0.5) is 5.69 Å². The van der Waals surface area contributed by atoms with Gasteiger partial charge in [0.15, 0.2) is 0 Å². The van der Waals surface area contributed by atoms with Crippen molar-refractivity contribution in [3.63, 3.8) is 0 Å². The van der Waals surface area contributed by atoms with Gasteiger partial charge in [0.25, 0.3) is 0 Å². The van der Waals surface area contributed by atoms with E-state index in [1.807, 2.05) is 10.9 Å². The van der Waals surface area contributed by atoms with E-state index in [0.717, 1.165) is 18.8 Å². The van der Waals surface area contributed by atoms with E-state index < -0.39 is 0 Å². The maximum Gasteiger partial charge on any atom is 0.0726 e. The Morgan fingerprint density at radius 3 is 2.53 bits per heavy atom. The topological polar surface area (TPSA) is 29.9 Å². The third kappa shape index (κ3) is 3.60. The van der Waals surface area contributed by atoms with E-state index in [2.05, 4.69) is 67.7 Å². The molecule has 0 bridgehead atoms. The maximum absolute atomic E-state index is 4.28. The van der Waals surface area contributed by atoms with Crippen molar-refractivity contribution in [1.82, 2.24) is 9.78 Å². The molecule has 0 aliphatic rings. The lowest BCUT2D eigenvalue weighted by Crippen LogP contribution is -2.17. The van der Waals surface area contributed by atoms with E-state index in [9.17, 15) is 0 Å². The Morgan fingerprint density at radius 2 is 1.95 bits per heavy atom. The van der Waals surface area contributed by atoms with Crippen LogP contribution < -0.4 is 5.32 Å². The lowest BCUT2D eigenvalue weighted by molar-refractivity contribution is 0.517. The maximum atomic E-state index is 4.28. The molecular weight excluding hydrogens is 234 g/mol. The fourth-order valence-corrected chi connectivity index (χ4v) is 2.29. The van der Waals surface area contributed by atoms with Gasteiger partial charge in [0.1, 0.15) is 0 Å². The van der Waals surface area contributed by atoms with Gasteiger partial charge in [0, 0.05) is 25.2 Å². The molecule has 0 saturated heterocycles. The van der Waals surface area contributed by atoms with Crippen LogP contribution in [0.15, 0.2) is 42.7 Å². The molecule has 1 unspecified atom stereocenters. The minimum Gasteiger partial charge on any atom is -0.382 e. The Morgan fingerprint density at radius 1 is 1.21 bits per heavy atom. The summed E-state index contributed by atoms with van der Waals surface area (Å²) in [6, 6.07) is 10.7. The van der Waals surface area contributed by atoms with Crippen LogP contribution in [-0.2, 0) is 6.54 Å². The summed E-state index contributed by atoms with van der Waals surface area (Å²) in [5.41, 5.74) is 2.50. The molecule has 1 aromatic carbocycles. The SMILES string of the molecule is CCn1cc(NCC(c2ccccc2)C(C)C)cn1. The molecule has 1 N–H and O–H groups in total. The van der Waals surface area contributed by atoms with E-state index in [1.54, 1.807) is 0 Å². The molecule has 1 aromatic heterocycles. The third-order valence-electron chi connectivity index (χ3n) is 3.52. The van der Waals surface area contributed by atoms with Crippen LogP contribution in [0.3, 0.4) is 0 Å². The highest BCUT2D eigenvalue weighted by molar-refractivity contribution is 5.39. The molecular formula is C16H23N3. The summed E-state index contributed by atoms with van der Waals surface area (Å²) >= 11 is 0. The Hall–Kier alpha value is -1.77. The number of benzene rings is 1. The van der Waals surface area contributed by atoms with Gasteiger partial charge in [-0.25, -0.2) is 0 Å². The summed E-state index contributed by atoms with van der Waals surface area (Å²) in [5, 5.41) is 7.78. The summed E-state index contributed by atoms with van der Waals surface area (Å²) in [6.07, 6.45) is 3.95. The lowest BCUT2D eigenvalue weighted by atomic mass is 9.88. The molecule has 2 rings (SSSR count). The first-order valence-electron chi connectivity index (χ1n) is 7.02. The second-order valence-corrected chi connectivity index (χ2v) is 5.23. The lowest BCUT2D eigenvalue weighted by Gasteiger charge is -2.22. The quantitative estimate of drug-likeness (QED) is 0.854. The Bertz CT molecular complexity index is 488. The molecule has 2 aromatic rings. The van der Waals surface area contributed by atoms with Crippen LogP contribution in [0.1, 0.15) is 32.3 Å². The van der Waals surface area contributed by atoms with Crippen LogP contribution in [0.5, 0.6) is 0 Å². The number of aryl methyl sites for hydroxylation is 1. The van der Waals surface area contributed by atoms with Crippen molar-refractivity contribution in [2.24, 2.45) is 5.92 Å². The fraction of sp³-hybridized carbons (Fsp3) is 0.438. The van der Waals surface area contributed by atoms with Crippen molar-refractivity contribution >= 4 is 5.69 Å². The number of nitrogens with one attached hydrogen (secondary N) is 1. The van der Waals surface area contributed by atoms with Crippen molar-refractivity contribution in [3.05, 3.63) is 48.3 Å². The van der Waals surface area contributed by atoms with Crippen LogP contribution in [-0.4, -0.2) is 16.3 Å². The first kappa shape index (κ1) is 13.7. The van der Waals surface area contributed by atoms with Gasteiger partial charge in [-0.15, -0.1) is 0 Å². The smallest absolute Gasteiger partial charge is 0.0726 e. The van der Waals surface area contributed by atoms with E-state index in [-0.39, 0.29) is 0 Å². The molecule has 102 valence electrons. The van der Waals surface area contributed by atoms with Crippen LogP contribution in [0.25, 0.3) is 0 Å². The summed E-state index contributed by atoms with van der Waals surface area (Å²) in [5.74, 6) is 1.13. The highest BCUT2D eigenvalue weighted by Gasteiger charge is 2.15. The van der Waals surface area contributed by atoms with Crippen molar-refractivity contribution < 1.29 is 0 Å². The average Bonchev–Trinajstić information content (AvgIpc) is 2.88. The van der Waals surface area contributed by atoms with Crippen molar-refractivity contribution in [2.45, 2.75) is 33.2 Å². The largest absolute Gasteiger partial charge is 0.382 e. The number of aromatic nitrogens is 2. The minimum absolute atomic E-state index is 0.520. The highest BCUT2D eigenvalue weighted by Crippen LogP contribution is 2.24. The summed E-state index contributed by atoms with van der Waals surface area (Å²) in [4.78, 5) is 0. The van der Waals surface area contributed by atoms with Gasteiger partial charge in [-0.05, 0) is 18.4 Å². The predicted octanol–water partition coefficient (Wildman–Crippen LogP) is 3.75. The molecule has 1 atom stereocenters. The molecule has 0 spiro atoms. The number of hydrogen-bond donors (Lipinski definition) is 1. The van der Waals surface area contributed by atoms with Crippen molar-refractivity contribution in [3.8, 4) is 0 Å². The second kappa shape index (κ2) is 6.41. The normalized spacial score (nSPS) is 12.6. The molecule has 0 amide bonds. The standard InChI is InChI=1S/C16H23N3/c1-4-19-12-15(10-18-19)17-11-16(13(2)3)14-8-6-5-7-9-14/h5-10,12-13,16-17H,4,11H2,1-3H3. The molecule has 0 aliphatic carbocycles. The summed E-state index contributed by atoms with van der Waals surface area (Å²) in [6.45, 7) is 8.49. The zero-order valence-corrected chi connectivity index (χ0v) is 12.0. The van der Waals surface area contributed by atoms with Gasteiger partial charge in [0.05, 0.1) is 11.9 Å². The van der Waals surface area contributed by atoms with E-state index in [1.165, 1.54) is 5.56 Å². The molecule has 3 nitrogen and oxygen atoms in total. The van der Waals surface area contributed by atoms with Crippen LogP contribution in [0.2, 0.25) is 0 Å². The number of rotatable bonds is 6. The van der Waals surface area contributed by atoms with Gasteiger partial charge < -0.3 is 5.32 Å². The first-order valence-corrected chi connectivity index (χ1v) is 7.02. The average molecular weight is 257 g/mol. The molecule has 0 saturated carbocycles. The van der Waals surface area contributed by atoms with Crippen LogP contribution >= 0.6 is 0 Å². The predicted molar refractivity (Wildman–Crippen MR) is 80.4 cm³/mol. The number of hydrogen-bond acceptors (Lipinski definition) is 2. The minimum atomic E-state index is 0.520. The molecule has 19 heavy (non-hydrogen) atoms. The Labute approximate surface area is 115 Å². The van der Waals surface area contributed by atoms with E-state index >= 15 is 0 Å². The van der Waals surface area contributed by atoms with Crippen LogP contribution in [0, 0.1) is 5.92 Å². The van der Waals surface area contributed by atoms with Gasteiger partial charge >= 0.3 is 0 Å². The van der Waals surface area contributed by atoms with E-state index in [4.69, 9.17) is 0 Å². The van der Waals surface area contributed by atoms with Gasteiger partial charge in [-0.2, -0.15) is 5.10 Å². The molecule has 0 fully saturated rings. The Balaban J connectivity index is 2.02. The van der Waals surface area contributed by atoms with Crippen molar-refractivity contribution in [2.75, 3.05) is 11.9 Å². The van der Waals surface area contributed by atoms with E-state index in [0.29, 0.717) is 11.8 Å². The summed E-state index contributed by atoms with van der Waals surface area (Å²) < 4.78 is 1.94. The second-order valence-electron chi connectivity index (χ2n) is 5.23. The molecule has 0 radical (unpaired) electrons. The summed E-state index contributed by atoms with van der Waals surface area (Å²) in [7, 11) is 0. The molecule has 1 heterocycles.